The van der Waals surface area contributed by atoms with Crippen LogP contribution in [0.5, 0.6) is 0 Å². The molecule has 0 saturated heterocycles. The number of hydrogen-bond acceptors (Lipinski definition) is 1. The lowest BCUT2D eigenvalue weighted by Gasteiger charge is -2.44. The molecular weight excluding hydrogens is 290 g/mol. The smallest absolute Gasteiger partial charge is 0.0123 e. The Morgan fingerprint density at radius 2 is 1.83 bits per heavy atom. The van der Waals surface area contributed by atoms with E-state index in [-0.39, 0.29) is 5.54 Å². The van der Waals surface area contributed by atoms with E-state index in [9.17, 15) is 0 Å². The number of nitrogens with two attached hydrogens (primary N) is 1. The van der Waals surface area contributed by atoms with Crippen molar-refractivity contribution in [2.75, 3.05) is 0 Å². The fourth-order valence-electron chi connectivity index (χ4n) is 5.45. The molecule has 0 amide bonds. The Morgan fingerprint density at radius 3 is 2.38 bits per heavy atom. The third-order valence-corrected chi connectivity index (χ3v) is 7.42. The average Bonchev–Trinajstić information content (AvgIpc) is 2.90. The topological polar surface area (TPSA) is 26.0 Å². The molecule has 2 aliphatic carbocycles. The van der Waals surface area contributed by atoms with Gasteiger partial charge >= 0.3 is 0 Å². The molecule has 142 valence electrons. The highest BCUT2D eigenvalue weighted by Crippen LogP contribution is 2.59. The molecule has 24 heavy (non-hydrogen) atoms. The van der Waals surface area contributed by atoms with E-state index in [0.29, 0.717) is 11.3 Å². The predicted molar refractivity (Wildman–Crippen MR) is 109 cm³/mol. The zero-order chi connectivity index (χ0) is 18.5. The molecule has 1 nitrogen and oxygen atoms in total. The highest BCUT2D eigenvalue weighted by molar-refractivity contribution is 5.17. The molecule has 2 N–H and O–H groups in total. The first-order chi connectivity index (χ1) is 11.2. The Labute approximate surface area is 152 Å². The average molecular weight is 336 g/mol. The van der Waals surface area contributed by atoms with E-state index < -0.39 is 0 Å². The molecule has 2 rings (SSSR count). The van der Waals surface area contributed by atoms with Crippen LogP contribution in [0.1, 0.15) is 100 Å². The molecule has 0 aromatic rings. The first-order valence-electron chi connectivity index (χ1n) is 10.6. The summed E-state index contributed by atoms with van der Waals surface area (Å²) in [5.41, 5.74) is 8.58. The predicted octanol–water partition coefficient (Wildman–Crippen LogP) is 6.97. The molecule has 2 saturated carbocycles. The van der Waals surface area contributed by atoms with Crippen molar-refractivity contribution < 1.29 is 0 Å². The van der Waals surface area contributed by atoms with Crippen molar-refractivity contribution in [3.05, 3.63) is 11.6 Å². The Hall–Kier alpha value is -0.300. The van der Waals surface area contributed by atoms with Crippen molar-refractivity contribution in [3.8, 4) is 0 Å². The summed E-state index contributed by atoms with van der Waals surface area (Å²) in [6.07, 6.45) is 12.1. The van der Waals surface area contributed by atoms with Crippen LogP contribution in [-0.2, 0) is 0 Å². The second-order valence-electron chi connectivity index (χ2n) is 9.24. The third kappa shape index (κ3) is 4.65. The second kappa shape index (κ2) is 8.88. The van der Waals surface area contributed by atoms with E-state index in [0.717, 1.165) is 17.8 Å². The summed E-state index contributed by atoms with van der Waals surface area (Å²) >= 11 is 0. The van der Waals surface area contributed by atoms with Gasteiger partial charge in [-0.05, 0) is 88.4 Å². The summed E-state index contributed by atoms with van der Waals surface area (Å²) < 4.78 is 0. The molecule has 2 fully saturated rings. The molecular formula is C23H45N. The zero-order valence-corrected chi connectivity index (χ0v) is 17.9. The van der Waals surface area contributed by atoms with Crippen LogP contribution in [0.15, 0.2) is 11.6 Å². The fraction of sp³-hybridized carbons (Fsp3) is 0.913. The van der Waals surface area contributed by atoms with E-state index in [1.807, 2.05) is 13.8 Å². The van der Waals surface area contributed by atoms with Gasteiger partial charge in [0, 0.05) is 5.54 Å². The van der Waals surface area contributed by atoms with Crippen LogP contribution in [0.3, 0.4) is 0 Å². The van der Waals surface area contributed by atoms with Crippen molar-refractivity contribution in [2.45, 2.75) is 106 Å². The second-order valence-corrected chi connectivity index (χ2v) is 9.24. The van der Waals surface area contributed by atoms with Gasteiger partial charge in [0.2, 0.25) is 0 Å². The fourth-order valence-corrected chi connectivity index (χ4v) is 5.45. The minimum absolute atomic E-state index is 0.0369. The van der Waals surface area contributed by atoms with Gasteiger partial charge < -0.3 is 5.73 Å². The molecule has 3 unspecified atom stereocenters. The lowest BCUT2D eigenvalue weighted by atomic mass is 9.60. The van der Waals surface area contributed by atoms with Crippen LogP contribution in [0.2, 0.25) is 0 Å². The Kier molecular flexibility index (Phi) is 8.04. The number of fused-ring (bicyclic) bond motifs is 1. The maximum atomic E-state index is 6.28. The standard InChI is InChI=1S/C21H39N.C2H6/c1-7-17-9-8-14-21(6)18(12-13-19(17)21)15(2)10-11-16(3)20(4,5)22;1-2/h7,15-16,18-19H,8-14,22H2,1-6H3;1-2H3/b17-7+;/t15-,16+,18?,19?,21?;/m1./s1. The molecule has 0 radical (unpaired) electrons. The van der Waals surface area contributed by atoms with Gasteiger partial charge in [0.15, 0.2) is 0 Å². The van der Waals surface area contributed by atoms with Crippen LogP contribution in [0.4, 0.5) is 0 Å². The van der Waals surface area contributed by atoms with E-state index in [1.54, 1.807) is 5.57 Å². The lowest BCUT2D eigenvalue weighted by molar-refractivity contribution is 0.0900. The highest BCUT2D eigenvalue weighted by Gasteiger charge is 2.50. The minimum atomic E-state index is -0.0369. The molecule has 2 aliphatic rings. The van der Waals surface area contributed by atoms with Gasteiger partial charge in [-0.25, -0.2) is 0 Å². The maximum Gasteiger partial charge on any atom is 0.0123 e. The monoisotopic (exact) mass is 335 g/mol. The zero-order valence-electron chi connectivity index (χ0n) is 17.9. The van der Waals surface area contributed by atoms with Gasteiger partial charge in [-0.3, -0.25) is 0 Å². The molecule has 0 aromatic carbocycles. The molecule has 0 bridgehead atoms. The Balaban J connectivity index is 0.00000139. The van der Waals surface area contributed by atoms with Gasteiger partial charge in [0.05, 0.1) is 0 Å². The van der Waals surface area contributed by atoms with Gasteiger partial charge in [0.25, 0.3) is 0 Å². The summed E-state index contributed by atoms with van der Waals surface area (Å²) in [4.78, 5) is 0. The number of hydrogen-bond donors (Lipinski definition) is 1. The van der Waals surface area contributed by atoms with Gasteiger partial charge in [0.1, 0.15) is 0 Å². The Morgan fingerprint density at radius 1 is 1.21 bits per heavy atom. The summed E-state index contributed by atoms with van der Waals surface area (Å²) in [5, 5.41) is 0. The number of rotatable bonds is 5. The Bertz CT molecular complexity index is 403. The van der Waals surface area contributed by atoms with E-state index in [2.05, 4.69) is 47.6 Å². The minimum Gasteiger partial charge on any atom is -0.325 e. The molecule has 0 heterocycles. The summed E-state index contributed by atoms with van der Waals surface area (Å²) in [7, 11) is 0. The van der Waals surface area contributed by atoms with Crippen molar-refractivity contribution in [2.24, 2.45) is 34.8 Å². The molecule has 0 aliphatic heterocycles. The van der Waals surface area contributed by atoms with Crippen molar-refractivity contribution in [1.82, 2.24) is 0 Å². The largest absolute Gasteiger partial charge is 0.325 e. The summed E-state index contributed by atoms with van der Waals surface area (Å²) in [5.74, 6) is 3.25. The van der Waals surface area contributed by atoms with Gasteiger partial charge in [-0.1, -0.05) is 52.7 Å². The van der Waals surface area contributed by atoms with Crippen LogP contribution < -0.4 is 5.73 Å². The summed E-state index contributed by atoms with van der Waals surface area (Å²) in [6, 6.07) is 0. The lowest BCUT2D eigenvalue weighted by Crippen LogP contribution is -2.40. The highest BCUT2D eigenvalue weighted by atomic mass is 14.7. The van der Waals surface area contributed by atoms with Crippen LogP contribution in [-0.4, -0.2) is 5.54 Å². The van der Waals surface area contributed by atoms with Crippen molar-refractivity contribution >= 4 is 0 Å². The quantitative estimate of drug-likeness (QED) is 0.540. The van der Waals surface area contributed by atoms with E-state index in [1.165, 1.54) is 44.9 Å². The first-order valence-corrected chi connectivity index (χ1v) is 10.6. The molecule has 0 spiro atoms. The molecule has 1 heteroatoms. The van der Waals surface area contributed by atoms with Crippen LogP contribution in [0, 0.1) is 29.1 Å². The van der Waals surface area contributed by atoms with E-state index >= 15 is 0 Å². The molecule has 0 aromatic heterocycles. The molecule has 5 atom stereocenters. The SMILES string of the molecule is C/C=C1\CCCC2(C)C1CCC2[C@H](C)CC[C@H](C)C(C)(C)N.CC. The van der Waals surface area contributed by atoms with E-state index in [4.69, 9.17) is 5.73 Å². The third-order valence-electron chi connectivity index (χ3n) is 7.42. The van der Waals surface area contributed by atoms with Crippen molar-refractivity contribution in [3.63, 3.8) is 0 Å². The van der Waals surface area contributed by atoms with Gasteiger partial charge in [-0.15, -0.1) is 0 Å². The van der Waals surface area contributed by atoms with Crippen LogP contribution in [0.25, 0.3) is 0 Å². The summed E-state index contributed by atoms with van der Waals surface area (Å²) in [6.45, 7) is 18.0. The normalized spacial score (nSPS) is 34.3. The van der Waals surface area contributed by atoms with Crippen LogP contribution >= 0.6 is 0 Å². The maximum absolute atomic E-state index is 6.28. The first kappa shape index (κ1) is 21.7. The van der Waals surface area contributed by atoms with Gasteiger partial charge in [-0.2, -0.15) is 0 Å². The van der Waals surface area contributed by atoms with Crippen molar-refractivity contribution in [1.29, 1.82) is 0 Å². The number of allylic oxidation sites excluding steroid dienone is 2.